The van der Waals surface area contributed by atoms with E-state index in [4.69, 9.17) is 4.74 Å². The lowest BCUT2D eigenvalue weighted by molar-refractivity contribution is 0.231. The fraction of sp³-hybridized carbons (Fsp3) is 0.444. The summed E-state index contributed by atoms with van der Waals surface area (Å²) in [5, 5.41) is 0. The van der Waals surface area contributed by atoms with E-state index in [1.54, 1.807) is 13.2 Å². The molecule has 0 atom stereocenters. The minimum absolute atomic E-state index is 0.250. The van der Waals surface area contributed by atoms with Crippen molar-refractivity contribution in [1.82, 2.24) is 14.0 Å². The highest BCUT2D eigenvalue weighted by atomic mass is 16.5. The van der Waals surface area contributed by atoms with E-state index in [0.717, 1.165) is 10.3 Å². The van der Waals surface area contributed by atoms with Gasteiger partial charge in [0.05, 0.1) is 0 Å². The van der Waals surface area contributed by atoms with Crippen LogP contribution < -0.4 is 16.0 Å². The van der Waals surface area contributed by atoms with E-state index in [1.807, 2.05) is 37.9 Å². The average Bonchev–Trinajstić information content (AvgIpc) is 2.49. The monoisotopic (exact) mass is 331 g/mol. The second-order valence-corrected chi connectivity index (χ2v) is 6.32. The Labute approximate surface area is 141 Å². The lowest BCUT2D eigenvalue weighted by Gasteiger charge is -2.17. The molecule has 6 nitrogen and oxygen atoms in total. The Bertz CT molecular complexity index is 816. The molecule has 2 rings (SSSR count). The molecule has 24 heavy (non-hydrogen) atoms. The Balaban J connectivity index is 1.95. The minimum atomic E-state index is -0.315. The largest absolute Gasteiger partial charge is 0.492 e. The van der Waals surface area contributed by atoms with Crippen molar-refractivity contribution in [2.45, 2.75) is 20.4 Å². The third kappa shape index (κ3) is 4.35. The first-order valence-corrected chi connectivity index (χ1v) is 7.93. The maximum absolute atomic E-state index is 12.1. The molecule has 0 saturated heterocycles. The van der Waals surface area contributed by atoms with E-state index in [9.17, 15) is 9.59 Å². The first-order valence-electron chi connectivity index (χ1n) is 7.93. The zero-order valence-corrected chi connectivity index (χ0v) is 15.0. The molecule has 0 fully saturated rings. The topological polar surface area (TPSA) is 56.5 Å². The summed E-state index contributed by atoms with van der Waals surface area (Å²) >= 11 is 0. The number of benzene rings is 1. The van der Waals surface area contributed by atoms with Crippen molar-refractivity contribution >= 4 is 0 Å². The molecular formula is C18H25N3O3. The summed E-state index contributed by atoms with van der Waals surface area (Å²) in [7, 11) is 5.07. The van der Waals surface area contributed by atoms with Crippen molar-refractivity contribution in [3.05, 3.63) is 61.9 Å². The van der Waals surface area contributed by atoms with Crippen LogP contribution in [0.3, 0.4) is 0 Å². The number of likely N-dealkylation sites (N-methyl/N-ethyl adjacent to an activating group) is 1. The van der Waals surface area contributed by atoms with Crippen molar-refractivity contribution in [1.29, 1.82) is 0 Å². The van der Waals surface area contributed by atoms with Crippen LogP contribution in [0.15, 0.2) is 34.0 Å². The molecule has 0 unspecified atom stereocenters. The summed E-state index contributed by atoms with van der Waals surface area (Å²) in [5.41, 5.74) is 2.37. The van der Waals surface area contributed by atoms with Crippen molar-refractivity contribution in [2.75, 3.05) is 20.2 Å². The highest BCUT2D eigenvalue weighted by Crippen LogP contribution is 2.16. The van der Waals surface area contributed by atoms with Crippen LogP contribution in [-0.2, 0) is 20.6 Å². The molecule has 6 heteroatoms. The first-order chi connectivity index (χ1) is 11.3. The molecule has 0 amide bonds. The van der Waals surface area contributed by atoms with E-state index < -0.39 is 0 Å². The smallest absolute Gasteiger partial charge is 0.330 e. The molecule has 130 valence electrons. The molecule has 0 bridgehead atoms. The fourth-order valence-electron chi connectivity index (χ4n) is 2.70. The molecular weight excluding hydrogens is 306 g/mol. The molecule has 2 aromatic rings. The van der Waals surface area contributed by atoms with Crippen LogP contribution in [0.2, 0.25) is 0 Å². The number of hydrogen-bond acceptors (Lipinski definition) is 4. The number of hydrogen-bond donors (Lipinski definition) is 0. The average molecular weight is 331 g/mol. The Morgan fingerprint density at radius 3 is 2.33 bits per heavy atom. The van der Waals surface area contributed by atoms with Crippen molar-refractivity contribution < 1.29 is 4.74 Å². The van der Waals surface area contributed by atoms with Gasteiger partial charge in [-0.3, -0.25) is 14.3 Å². The van der Waals surface area contributed by atoms with Gasteiger partial charge in [-0.1, -0.05) is 6.07 Å². The maximum atomic E-state index is 12.1. The summed E-state index contributed by atoms with van der Waals surface area (Å²) < 4.78 is 8.35. The van der Waals surface area contributed by atoms with Crippen LogP contribution in [0, 0.1) is 13.8 Å². The molecule has 0 aliphatic rings. The number of aryl methyl sites for hydroxylation is 3. The van der Waals surface area contributed by atoms with Crippen molar-refractivity contribution in [3.63, 3.8) is 0 Å². The van der Waals surface area contributed by atoms with Gasteiger partial charge in [0, 0.05) is 38.9 Å². The second kappa shape index (κ2) is 7.49. The summed E-state index contributed by atoms with van der Waals surface area (Å²) in [6.07, 6.45) is 1.60. The maximum Gasteiger partial charge on any atom is 0.330 e. The predicted octanol–water partition coefficient (Wildman–Crippen LogP) is 1.21. The zero-order valence-electron chi connectivity index (χ0n) is 15.0. The second-order valence-electron chi connectivity index (χ2n) is 6.32. The Hall–Kier alpha value is -2.34. The molecule has 0 spiro atoms. The molecule has 1 aromatic heterocycles. The van der Waals surface area contributed by atoms with Crippen molar-refractivity contribution in [2.24, 2.45) is 14.1 Å². The molecule has 1 heterocycles. The van der Waals surface area contributed by atoms with Gasteiger partial charge in [0.15, 0.2) is 0 Å². The molecule has 0 aliphatic carbocycles. The summed E-state index contributed by atoms with van der Waals surface area (Å²) in [5.74, 6) is 0.860. The Morgan fingerprint density at radius 1 is 1.08 bits per heavy atom. The summed E-state index contributed by atoms with van der Waals surface area (Å²) in [4.78, 5) is 25.8. The highest BCUT2D eigenvalue weighted by Gasteiger charge is 2.09. The third-order valence-electron chi connectivity index (χ3n) is 3.89. The van der Waals surface area contributed by atoms with Crippen LogP contribution in [-0.4, -0.2) is 34.2 Å². The summed E-state index contributed by atoms with van der Waals surface area (Å²) in [6, 6.07) is 6.12. The lowest BCUT2D eigenvalue weighted by atomic mass is 10.1. The van der Waals surface area contributed by atoms with E-state index in [-0.39, 0.29) is 11.2 Å². The van der Waals surface area contributed by atoms with Crippen LogP contribution >= 0.6 is 0 Å². The third-order valence-corrected chi connectivity index (χ3v) is 3.89. The number of nitrogens with zero attached hydrogens (tertiary/aromatic N) is 3. The molecule has 1 aromatic carbocycles. The van der Waals surface area contributed by atoms with Crippen LogP contribution in [0.5, 0.6) is 5.75 Å². The molecule has 0 N–H and O–H groups in total. The van der Waals surface area contributed by atoms with E-state index >= 15 is 0 Å². The van der Waals surface area contributed by atoms with Crippen molar-refractivity contribution in [3.8, 4) is 5.75 Å². The van der Waals surface area contributed by atoms with E-state index in [1.165, 1.54) is 22.7 Å². The molecule has 0 aliphatic heterocycles. The van der Waals surface area contributed by atoms with Crippen LogP contribution in [0.4, 0.5) is 0 Å². The normalized spacial score (nSPS) is 11.1. The highest BCUT2D eigenvalue weighted by molar-refractivity contribution is 5.32. The first kappa shape index (κ1) is 18.0. The van der Waals surface area contributed by atoms with Gasteiger partial charge in [-0.15, -0.1) is 0 Å². The predicted molar refractivity (Wildman–Crippen MR) is 94.7 cm³/mol. The van der Waals surface area contributed by atoms with Crippen LogP contribution in [0.1, 0.15) is 16.7 Å². The zero-order chi connectivity index (χ0) is 17.9. The standard InChI is InChI=1S/C18H25N3O3/c1-13-8-14(2)10-16(9-13)24-7-6-19(3)11-15-12-20(4)18(23)21(5)17(15)22/h8-10,12H,6-7,11H2,1-5H3. The van der Waals surface area contributed by atoms with E-state index in [0.29, 0.717) is 25.3 Å². The lowest BCUT2D eigenvalue weighted by Crippen LogP contribution is -2.40. The fourth-order valence-corrected chi connectivity index (χ4v) is 2.70. The van der Waals surface area contributed by atoms with Gasteiger partial charge in [0.1, 0.15) is 12.4 Å². The van der Waals surface area contributed by atoms with Crippen LogP contribution in [0.25, 0.3) is 0 Å². The van der Waals surface area contributed by atoms with E-state index in [2.05, 4.69) is 6.07 Å². The van der Waals surface area contributed by atoms with Gasteiger partial charge in [0.25, 0.3) is 5.56 Å². The Kier molecular flexibility index (Phi) is 5.62. The number of aromatic nitrogens is 2. The Morgan fingerprint density at radius 2 is 1.71 bits per heavy atom. The quantitative estimate of drug-likeness (QED) is 0.798. The molecule has 0 saturated carbocycles. The minimum Gasteiger partial charge on any atom is -0.492 e. The van der Waals surface area contributed by atoms with Gasteiger partial charge in [-0.2, -0.15) is 0 Å². The van der Waals surface area contributed by atoms with Gasteiger partial charge in [0.2, 0.25) is 0 Å². The van der Waals surface area contributed by atoms with Gasteiger partial charge < -0.3 is 9.30 Å². The molecule has 0 radical (unpaired) electrons. The van der Waals surface area contributed by atoms with Gasteiger partial charge in [-0.05, 0) is 44.2 Å². The number of ether oxygens (including phenoxy) is 1. The SMILES string of the molecule is Cc1cc(C)cc(OCCN(C)Cc2cn(C)c(=O)n(C)c2=O)c1. The summed E-state index contributed by atoms with van der Waals surface area (Å²) in [6.45, 7) is 5.77. The van der Waals surface area contributed by atoms with Gasteiger partial charge >= 0.3 is 5.69 Å². The van der Waals surface area contributed by atoms with Gasteiger partial charge in [-0.25, -0.2) is 4.79 Å². The number of rotatable bonds is 6.